The van der Waals surface area contributed by atoms with E-state index in [1.807, 2.05) is 35.7 Å². The van der Waals surface area contributed by atoms with Gasteiger partial charge in [0, 0.05) is 10.4 Å². The number of thiophene rings is 1. The molecule has 0 fully saturated rings. The van der Waals surface area contributed by atoms with Gasteiger partial charge in [0.15, 0.2) is 0 Å². The molecule has 0 aliphatic rings. The Morgan fingerprint density at radius 2 is 2.33 bits per heavy atom. The van der Waals surface area contributed by atoms with E-state index in [4.69, 9.17) is 5.26 Å². The first kappa shape index (κ1) is 9.69. The number of rotatable bonds is 2. The molecule has 0 bridgehead atoms. The van der Waals surface area contributed by atoms with Gasteiger partial charge >= 0.3 is 0 Å². The molecule has 4 heteroatoms. The lowest BCUT2D eigenvalue weighted by atomic mass is 10.2. The van der Waals surface area contributed by atoms with Crippen LogP contribution in [-0.4, -0.2) is 5.91 Å². The molecule has 0 atom stereocenters. The predicted octanol–water partition coefficient (Wildman–Crippen LogP) is 2.75. The largest absolute Gasteiger partial charge is 0.325 e. The van der Waals surface area contributed by atoms with Gasteiger partial charge in [-0.2, -0.15) is 5.26 Å². The Kier molecular flexibility index (Phi) is 2.66. The first-order valence-electron chi connectivity index (χ1n) is 4.43. The molecule has 1 aromatic heterocycles. The van der Waals surface area contributed by atoms with Crippen LogP contribution >= 0.6 is 11.3 Å². The lowest BCUT2D eigenvalue weighted by molar-refractivity contribution is -0.115. The van der Waals surface area contributed by atoms with Gasteiger partial charge in [0.25, 0.3) is 0 Å². The normalized spacial score (nSPS) is 9.80. The van der Waals surface area contributed by atoms with E-state index in [-0.39, 0.29) is 12.3 Å². The monoisotopic (exact) mass is 216 g/mol. The maximum atomic E-state index is 11.2. The van der Waals surface area contributed by atoms with E-state index in [1.165, 1.54) is 4.70 Å². The van der Waals surface area contributed by atoms with Crippen LogP contribution in [0.3, 0.4) is 0 Å². The minimum Gasteiger partial charge on any atom is -0.325 e. The van der Waals surface area contributed by atoms with Crippen molar-refractivity contribution >= 4 is 33.0 Å². The topological polar surface area (TPSA) is 52.9 Å². The van der Waals surface area contributed by atoms with E-state index in [0.717, 1.165) is 11.1 Å². The van der Waals surface area contributed by atoms with Crippen LogP contribution in [0.25, 0.3) is 10.1 Å². The molecule has 1 aromatic carbocycles. The maximum absolute atomic E-state index is 11.2. The van der Waals surface area contributed by atoms with Crippen molar-refractivity contribution in [3.8, 4) is 6.07 Å². The van der Waals surface area contributed by atoms with Gasteiger partial charge in [-0.3, -0.25) is 4.79 Å². The molecule has 15 heavy (non-hydrogen) atoms. The molecule has 0 aliphatic heterocycles. The lowest BCUT2D eigenvalue weighted by Gasteiger charge is -2.02. The van der Waals surface area contributed by atoms with Crippen molar-refractivity contribution in [2.45, 2.75) is 6.42 Å². The van der Waals surface area contributed by atoms with Gasteiger partial charge in [-0.25, -0.2) is 0 Å². The van der Waals surface area contributed by atoms with Gasteiger partial charge in [-0.05, 0) is 35.0 Å². The van der Waals surface area contributed by atoms with Gasteiger partial charge in [0.2, 0.25) is 5.91 Å². The molecule has 2 rings (SSSR count). The second-order valence-electron chi connectivity index (χ2n) is 3.06. The van der Waals surface area contributed by atoms with Gasteiger partial charge in [-0.1, -0.05) is 0 Å². The summed E-state index contributed by atoms with van der Waals surface area (Å²) in [4.78, 5) is 11.2. The number of carbonyl (C=O) groups excluding carboxylic acids is 1. The first-order valence-corrected chi connectivity index (χ1v) is 5.31. The van der Waals surface area contributed by atoms with Gasteiger partial charge in [0.1, 0.15) is 6.42 Å². The third-order valence-electron chi connectivity index (χ3n) is 1.98. The number of amides is 1. The fourth-order valence-electron chi connectivity index (χ4n) is 1.32. The molecule has 2 aromatic rings. The van der Waals surface area contributed by atoms with Crippen LogP contribution in [0.1, 0.15) is 6.42 Å². The standard InChI is InChI=1S/C11H8N2OS/c12-5-3-11(14)13-9-1-2-10-8(7-9)4-6-15-10/h1-2,4,6-7H,3H2,(H,13,14). The minimum atomic E-state index is -0.271. The molecule has 1 N–H and O–H groups in total. The number of nitrogens with one attached hydrogen (secondary N) is 1. The van der Waals surface area contributed by atoms with Crippen molar-refractivity contribution in [2.24, 2.45) is 0 Å². The molecule has 3 nitrogen and oxygen atoms in total. The van der Waals surface area contributed by atoms with Crippen molar-refractivity contribution in [1.82, 2.24) is 0 Å². The van der Waals surface area contributed by atoms with Crippen LogP contribution in [0, 0.1) is 11.3 Å². The highest BCUT2D eigenvalue weighted by molar-refractivity contribution is 7.17. The molecule has 0 radical (unpaired) electrons. The maximum Gasteiger partial charge on any atom is 0.238 e. The summed E-state index contributed by atoms with van der Waals surface area (Å²) >= 11 is 1.66. The van der Waals surface area contributed by atoms with E-state index < -0.39 is 0 Å². The molecule has 0 unspecified atom stereocenters. The van der Waals surface area contributed by atoms with Crippen molar-refractivity contribution in [1.29, 1.82) is 5.26 Å². The van der Waals surface area contributed by atoms with Crippen molar-refractivity contribution in [3.05, 3.63) is 29.6 Å². The van der Waals surface area contributed by atoms with Crippen molar-refractivity contribution < 1.29 is 4.79 Å². The Labute approximate surface area is 91.0 Å². The molecular weight excluding hydrogens is 208 g/mol. The first-order chi connectivity index (χ1) is 7.29. The summed E-state index contributed by atoms with van der Waals surface area (Å²) in [7, 11) is 0. The Morgan fingerprint density at radius 3 is 3.13 bits per heavy atom. The Bertz CT molecular complexity index is 539. The van der Waals surface area contributed by atoms with E-state index in [1.54, 1.807) is 11.3 Å². The number of carbonyl (C=O) groups is 1. The summed E-state index contributed by atoms with van der Waals surface area (Å²) in [5.74, 6) is -0.271. The molecule has 74 valence electrons. The summed E-state index contributed by atoms with van der Waals surface area (Å²) in [5.41, 5.74) is 0.737. The lowest BCUT2D eigenvalue weighted by Crippen LogP contribution is -2.09. The zero-order chi connectivity index (χ0) is 10.7. The SMILES string of the molecule is N#CCC(=O)Nc1ccc2sccc2c1. The highest BCUT2D eigenvalue weighted by Crippen LogP contribution is 2.23. The molecular formula is C11H8N2OS. The van der Waals surface area contributed by atoms with Crippen LogP contribution in [0.15, 0.2) is 29.6 Å². The average molecular weight is 216 g/mol. The van der Waals surface area contributed by atoms with Crippen LogP contribution in [0.2, 0.25) is 0 Å². The zero-order valence-corrected chi connectivity index (χ0v) is 8.67. The molecule has 1 heterocycles. The summed E-state index contributed by atoms with van der Waals surface area (Å²) in [6, 6.07) is 9.52. The van der Waals surface area contributed by atoms with Gasteiger partial charge in [0.05, 0.1) is 6.07 Å². The number of fused-ring (bicyclic) bond motifs is 1. The van der Waals surface area contributed by atoms with Crippen LogP contribution in [0.5, 0.6) is 0 Å². The van der Waals surface area contributed by atoms with Crippen molar-refractivity contribution in [3.63, 3.8) is 0 Å². The number of nitriles is 1. The molecule has 0 spiro atoms. The number of hydrogen-bond acceptors (Lipinski definition) is 3. The van der Waals surface area contributed by atoms with Crippen molar-refractivity contribution in [2.75, 3.05) is 5.32 Å². The highest BCUT2D eigenvalue weighted by Gasteiger charge is 2.02. The van der Waals surface area contributed by atoms with Crippen LogP contribution in [0.4, 0.5) is 5.69 Å². The Balaban J connectivity index is 2.22. The fraction of sp³-hybridized carbons (Fsp3) is 0.0909. The van der Waals surface area contributed by atoms with E-state index in [0.29, 0.717) is 0 Å². The summed E-state index contributed by atoms with van der Waals surface area (Å²) < 4.78 is 1.19. The third-order valence-corrected chi connectivity index (χ3v) is 2.87. The van der Waals surface area contributed by atoms with Gasteiger partial charge in [-0.15, -0.1) is 11.3 Å². The summed E-state index contributed by atoms with van der Waals surface area (Å²) in [6.07, 6.45) is -0.109. The Morgan fingerprint density at radius 1 is 1.47 bits per heavy atom. The number of anilines is 1. The number of nitrogens with zero attached hydrogens (tertiary/aromatic N) is 1. The third kappa shape index (κ3) is 2.14. The second kappa shape index (κ2) is 4.11. The predicted molar refractivity (Wildman–Crippen MR) is 60.7 cm³/mol. The minimum absolute atomic E-state index is 0.109. The highest BCUT2D eigenvalue weighted by atomic mass is 32.1. The smallest absolute Gasteiger partial charge is 0.238 e. The summed E-state index contributed by atoms with van der Waals surface area (Å²) in [5, 5.41) is 14.1. The summed E-state index contributed by atoms with van der Waals surface area (Å²) in [6.45, 7) is 0. The van der Waals surface area contributed by atoms with E-state index in [2.05, 4.69) is 5.32 Å². The second-order valence-corrected chi connectivity index (χ2v) is 4.00. The van der Waals surface area contributed by atoms with Crippen LogP contribution < -0.4 is 5.32 Å². The average Bonchev–Trinajstić information content (AvgIpc) is 2.65. The van der Waals surface area contributed by atoms with Gasteiger partial charge < -0.3 is 5.32 Å². The zero-order valence-electron chi connectivity index (χ0n) is 7.86. The Hall–Kier alpha value is -1.86. The molecule has 0 saturated carbocycles. The number of hydrogen-bond donors (Lipinski definition) is 1. The molecule has 1 amide bonds. The van der Waals surface area contributed by atoms with Crippen LogP contribution in [-0.2, 0) is 4.79 Å². The quantitative estimate of drug-likeness (QED) is 0.839. The number of benzene rings is 1. The molecule has 0 saturated heterocycles. The molecule has 0 aliphatic carbocycles. The van der Waals surface area contributed by atoms with E-state index in [9.17, 15) is 4.79 Å². The fourth-order valence-corrected chi connectivity index (χ4v) is 2.09. The van der Waals surface area contributed by atoms with E-state index >= 15 is 0 Å².